The summed E-state index contributed by atoms with van der Waals surface area (Å²) in [5.74, 6) is 0.00983. The quantitative estimate of drug-likeness (QED) is 0.628. The molecular weight excluding hydrogens is 380 g/mol. The highest BCUT2D eigenvalue weighted by Gasteiger charge is 2.37. The fraction of sp³-hybridized carbons (Fsp3) is 0.250. The van der Waals surface area contributed by atoms with Crippen LogP contribution < -0.4 is 10.6 Å². The van der Waals surface area contributed by atoms with E-state index in [0.29, 0.717) is 16.4 Å². The predicted molar refractivity (Wildman–Crippen MR) is 105 cm³/mol. The average Bonchev–Trinajstić information content (AvgIpc) is 3.11. The molecule has 3 N–H and O–H groups in total. The Kier molecular flexibility index (Phi) is 5.02. The number of imidazole rings is 1. The van der Waals surface area contributed by atoms with Gasteiger partial charge in [0.1, 0.15) is 12.4 Å². The smallest absolute Gasteiger partial charge is 0.252 e. The number of benzene rings is 2. The maximum atomic E-state index is 12.8. The highest BCUT2D eigenvalue weighted by atomic mass is 35.5. The molecule has 28 heavy (non-hydrogen) atoms. The number of carbonyl (C=O) groups is 2. The number of hydrogen-bond acceptors (Lipinski definition) is 4. The summed E-state index contributed by atoms with van der Waals surface area (Å²) < 4.78 is 5.53. The van der Waals surface area contributed by atoms with Crippen LogP contribution in [0.4, 0.5) is 0 Å². The number of amides is 2. The zero-order valence-electron chi connectivity index (χ0n) is 15.2. The van der Waals surface area contributed by atoms with Crippen LogP contribution in [0.25, 0.3) is 11.0 Å². The van der Waals surface area contributed by atoms with E-state index in [1.165, 1.54) is 0 Å². The summed E-state index contributed by atoms with van der Waals surface area (Å²) in [5.41, 5.74) is 3.49. The van der Waals surface area contributed by atoms with Crippen LogP contribution >= 0.6 is 11.6 Å². The number of fused-ring (bicyclic) bond motifs is 1. The molecule has 7 nitrogen and oxygen atoms in total. The fourth-order valence-electron chi connectivity index (χ4n) is 3.33. The number of aromatic amines is 1. The van der Waals surface area contributed by atoms with Crippen LogP contribution in [0, 0.1) is 6.92 Å². The number of rotatable bonds is 4. The molecule has 2 amide bonds. The summed E-state index contributed by atoms with van der Waals surface area (Å²) in [4.78, 5) is 32.3. The third-order valence-corrected chi connectivity index (χ3v) is 5.05. The van der Waals surface area contributed by atoms with E-state index in [4.69, 9.17) is 16.3 Å². The number of aromatic nitrogens is 2. The third-order valence-electron chi connectivity index (χ3n) is 4.71. The Morgan fingerprint density at radius 1 is 1.29 bits per heavy atom. The van der Waals surface area contributed by atoms with Gasteiger partial charge in [-0.2, -0.15) is 0 Å². The minimum Gasteiger partial charge on any atom is -0.356 e. The van der Waals surface area contributed by atoms with Gasteiger partial charge in [0, 0.05) is 5.02 Å². The third kappa shape index (κ3) is 3.58. The number of nitrogens with zero attached hydrogens (tertiary/aromatic N) is 1. The Balaban J connectivity index is 1.51. The minimum absolute atomic E-state index is 0.178. The van der Waals surface area contributed by atoms with Crippen LogP contribution in [0.5, 0.6) is 0 Å². The van der Waals surface area contributed by atoms with E-state index in [1.54, 1.807) is 24.3 Å². The number of halogens is 1. The first-order valence-electron chi connectivity index (χ1n) is 8.90. The van der Waals surface area contributed by atoms with Crippen molar-refractivity contribution >= 4 is 34.4 Å². The molecule has 0 saturated carbocycles. The second-order valence-corrected chi connectivity index (χ2v) is 7.08. The predicted octanol–water partition coefficient (Wildman–Crippen LogP) is 2.40. The van der Waals surface area contributed by atoms with Crippen molar-refractivity contribution in [3.05, 3.63) is 64.4 Å². The lowest BCUT2D eigenvalue weighted by atomic mass is 9.99. The zero-order chi connectivity index (χ0) is 19.7. The van der Waals surface area contributed by atoms with Crippen molar-refractivity contribution in [3.8, 4) is 0 Å². The molecule has 0 radical (unpaired) electrons. The molecule has 3 aromatic rings. The van der Waals surface area contributed by atoms with E-state index < -0.39 is 12.1 Å². The Bertz CT molecular complexity index is 1050. The second-order valence-electron chi connectivity index (χ2n) is 6.67. The monoisotopic (exact) mass is 398 g/mol. The van der Waals surface area contributed by atoms with Crippen molar-refractivity contribution in [1.29, 1.82) is 0 Å². The van der Waals surface area contributed by atoms with Crippen molar-refractivity contribution in [2.24, 2.45) is 0 Å². The van der Waals surface area contributed by atoms with Crippen LogP contribution in [0.1, 0.15) is 23.0 Å². The highest BCUT2D eigenvalue weighted by molar-refractivity contribution is 6.31. The molecule has 0 spiro atoms. The van der Waals surface area contributed by atoms with Crippen LogP contribution in [0.3, 0.4) is 0 Å². The Labute approximate surface area is 166 Å². The SMILES string of the molecule is Cc1cccc2[nH]c(CNC(=O)[C@H]3OCC(=O)N[C@@H]3c3ccccc3Cl)nc12. The molecular formula is C20H19ClN4O3. The Hall–Kier alpha value is -2.90. The van der Waals surface area contributed by atoms with Crippen molar-refractivity contribution < 1.29 is 14.3 Å². The number of H-pyrrole nitrogens is 1. The van der Waals surface area contributed by atoms with Crippen molar-refractivity contribution in [2.45, 2.75) is 25.6 Å². The normalized spacial score (nSPS) is 19.4. The molecule has 1 aliphatic heterocycles. The Morgan fingerprint density at radius 3 is 2.89 bits per heavy atom. The van der Waals surface area contributed by atoms with E-state index in [9.17, 15) is 9.59 Å². The molecule has 2 aromatic carbocycles. The molecule has 144 valence electrons. The summed E-state index contributed by atoms with van der Waals surface area (Å²) in [6.07, 6.45) is -0.885. The molecule has 2 atom stereocenters. The number of hydrogen-bond donors (Lipinski definition) is 3. The number of para-hydroxylation sites is 1. The number of ether oxygens (including phenoxy) is 1. The summed E-state index contributed by atoms with van der Waals surface area (Å²) in [6, 6.07) is 12.3. The van der Waals surface area contributed by atoms with Crippen LogP contribution in [0.15, 0.2) is 42.5 Å². The van der Waals surface area contributed by atoms with E-state index in [-0.39, 0.29) is 25.0 Å². The summed E-state index contributed by atoms with van der Waals surface area (Å²) >= 11 is 6.25. The maximum absolute atomic E-state index is 12.8. The minimum atomic E-state index is -0.885. The first-order valence-corrected chi connectivity index (χ1v) is 9.28. The summed E-state index contributed by atoms with van der Waals surface area (Å²) in [6.45, 7) is 2.02. The van der Waals surface area contributed by atoms with Gasteiger partial charge in [0.2, 0.25) is 5.91 Å². The first-order chi connectivity index (χ1) is 13.5. The van der Waals surface area contributed by atoms with Gasteiger partial charge in [-0.1, -0.05) is 41.9 Å². The zero-order valence-corrected chi connectivity index (χ0v) is 15.9. The van der Waals surface area contributed by atoms with Crippen LogP contribution in [-0.4, -0.2) is 34.5 Å². The fourth-order valence-corrected chi connectivity index (χ4v) is 3.58. The van der Waals surface area contributed by atoms with Gasteiger partial charge in [-0.3, -0.25) is 9.59 Å². The lowest BCUT2D eigenvalue weighted by Crippen LogP contribution is -2.52. The van der Waals surface area contributed by atoms with Crippen molar-refractivity contribution in [3.63, 3.8) is 0 Å². The molecule has 0 bridgehead atoms. The molecule has 1 saturated heterocycles. The standard InChI is InChI=1S/C20H19ClN4O3/c1-11-5-4-8-14-17(11)24-15(23-14)9-22-20(27)19-18(25-16(26)10-28-19)12-6-2-3-7-13(12)21/h2-8,18-19H,9-10H2,1H3,(H,22,27)(H,23,24)(H,25,26)/t18-,19+/m1/s1. The number of carbonyl (C=O) groups excluding carboxylic acids is 2. The van der Waals surface area contributed by atoms with E-state index in [1.807, 2.05) is 25.1 Å². The van der Waals surface area contributed by atoms with Crippen molar-refractivity contribution in [2.75, 3.05) is 6.61 Å². The van der Waals surface area contributed by atoms with Crippen LogP contribution in [-0.2, 0) is 20.9 Å². The van der Waals surface area contributed by atoms with Gasteiger partial charge >= 0.3 is 0 Å². The van der Waals surface area contributed by atoms with Crippen molar-refractivity contribution in [1.82, 2.24) is 20.6 Å². The number of morpholine rings is 1. The second kappa shape index (κ2) is 7.61. The molecule has 8 heteroatoms. The largest absolute Gasteiger partial charge is 0.356 e. The number of aryl methyl sites for hydroxylation is 1. The Morgan fingerprint density at radius 2 is 2.11 bits per heavy atom. The van der Waals surface area contributed by atoms with Gasteiger partial charge in [-0.25, -0.2) is 4.98 Å². The van der Waals surface area contributed by atoms with Gasteiger partial charge in [0.25, 0.3) is 5.91 Å². The molecule has 4 rings (SSSR count). The van der Waals surface area contributed by atoms with Gasteiger partial charge in [-0.05, 0) is 30.2 Å². The summed E-state index contributed by atoms with van der Waals surface area (Å²) in [7, 11) is 0. The summed E-state index contributed by atoms with van der Waals surface area (Å²) in [5, 5.41) is 6.09. The lowest BCUT2D eigenvalue weighted by molar-refractivity contribution is -0.148. The lowest BCUT2D eigenvalue weighted by Gasteiger charge is -2.32. The molecule has 1 aliphatic rings. The number of nitrogens with one attached hydrogen (secondary N) is 3. The molecule has 2 heterocycles. The van der Waals surface area contributed by atoms with E-state index in [0.717, 1.165) is 16.6 Å². The first kappa shape index (κ1) is 18.5. The van der Waals surface area contributed by atoms with E-state index in [2.05, 4.69) is 20.6 Å². The molecule has 1 aromatic heterocycles. The molecule has 0 unspecified atom stereocenters. The molecule has 0 aliphatic carbocycles. The van der Waals surface area contributed by atoms with Gasteiger partial charge < -0.3 is 20.4 Å². The van der Waals surface area contributed by atoms with Gasteiger partial charge in [-0.15, -0.1) is 0 Å². The highest BCUT2D eigenvalue weighted by Crippen LogP contribution is 2.28. The topological polar surface area (TPSA) is 96.1 Å². The van der Waals surface area contributed by atoms with Crippen LogP contribution in [0.2, 0.25) is 5.02 Å². The maximum Gasteiger partial charge on any atom is 0.252 e. The van der Waals surface area contributed by atoms with Gasteiger partial charge in [0.05, 0.1) is 23.6 Å². The van der Waals surface area contributed by atoms with Gasteiger partial charge in [0.15, 0.2) is 6.10 Å². The average molecular weight is 399 g/mol. The molecule has 1 fully saturated rings. The van der Waals surface area contributed by atoms with E-state index >= 15 is 0 Å².